The van der Waals surface area contributed by atoms with Crippen LogP contribution >= 0.6 is 0 Å². The molecule has 1 N–H and O–H groups in total. The van der Waals surface area contributed by atoms with E-state index in [1.807, 2.05) is 12.4 Å². The zero-order valence-corrected chi connectivity index (χ0v) is 16.8. The van der Waals surface area contributed by atoms with Crippen LogP contribution in [0.3, 0.4) is 0 Å². The molecule has 8 heteroatoms. The van der Waals surface area contributed by atoms with Crippen molar-refractivity contribution in [2.24, 2.45) is 9.98 Å². The van der Waals surface area contributed by atoms with E-state index in [1.165, 1.54) is 6.92 Å². The lowest BCUT2D eigenvalue weighted by molar-refractivity contribution is 0.101. The van der Waals surface area contributed by atoms with Crippen LogP contribution in [-0.4, -0.2) is 77.5 Å². The second-order valence-corrected chi connectivity index (χ2v) is 7.49. The number of benzene rings is 1. The molecule has 0 radical (unpaired) electrons. The molecule has 3 aliphatic rings. The summed E-state index contributed by atoms with van der Waals surface area (Å²) in [5, 5.41) is 2.89. The Morgan fingerprint density at radius 3 is 2.72 bits per heavy atom. The molecule has 29 heavy (non-hydrogen) atoms. The summed E-state index contributed by atoms with van der Waals surface area (Å²) in [7, 11) is 0. The summed E-state index contributed by atoms with van der Waals surface area (Å²) in [4.78, 5) is 39.5. The Bertz CT molecular complexity index is 898. The van der Waals surface area contributed by atoms with E-state index in [0.29, 0.717) is 43.5 Å². The molecule has 1 aromatic rings. The Morgan fingerprint density at radius 2 is 2.00 bits per heavy atom. The minimum atomic E-state index is -0.149. The number of nitrogens with zero attached hydrogens (tertiary/aromatic N) is 5. The fourth-order valence-corrected chi connectivity index (χ4v) is 3.68. The van der Waals surface area contributed by atoms with Crippen LogP contribution in [0.4, 0.5) is 10.5 Å². The third-order valence-corrected chi connectivity index (χ3v) is 5.49. The second-order valence-electron chi connectivity index (χ2n) is 7.49. The van der Waals surface area contributed by atoms with Crippen LogP contribution in [0.1, 0.15) is 30.6 Å². The number of amides is 2. The van der Waals surface area contributed by atoms with Gasteiger partial charge in [0.05, 0.1) is 12.4 Å². The summed E-state index contributed by atoms with van der Waals surface area (Å²) in [5.74, 6) is 1.87. The summed E-state index contributed by atoms with van der Waals surface area (Å²) in [6, 6.07) is 7.21. The maximum absolute atomic E-state index is 12.6. The lowest BCUT2D eigenvalue weighted by Crippen LogP contribution is -2.49. The number of hydrogen-bond acceptors (Lipinski definition) is 6. The van der Waals surface area contributed by atoms with Crippen molar-refractivity contribution in [2.75, 3.05) is 38.0 Å². The topological polar surface area (TPSA) is 80.6 Å². The standard InChI is InChI=1S/C21H26N6O2/c1-3-17-13-27-14-22-19(12-20(27)23-17)25-7-9-26(10-8-25)21(29)24-18-6-4-5-16(11-18)15(2)28/h4-6,11-12,14,17H,3,7-10,13H2,1-2H3,(H,24,29). The van der Waals surface area contributed by atoms with Crippen molar-refractivity contribution in [1.82, 2.24) is 14.7 Å². The smallest absolute Gasteiger partial charge is 0.321 e. The molecule has 3 aliphatic heterocycles. The Kier molecular flexibility index (Phi) is 5.33. The van der Waals surface area contributed by atoms with Crippen molar-refractivity contribution in [3.05, 3.63) is 41.7 Å². The number of ketones is 1. The minimum absolute atomic E-state index is 0.0216. The van der Waals surface area contributed by atoms with Crippen molar-refractivity contribution < 1.29 is 9.59 Å². The van der Waals surface area contributed by atoms with Gasteiger partial charge in [0, 0.05) is 50.1 Å². The minimum Gasteiger partial charge on any atom is -0.353 e. The zero-order valence-electron chi connectivity index (χ0n) is 16.8. The summed E-state index contributed by atoms with van der Waals surface area (Å²) in [5.41, 5.74) is 1.22. The number of nitrogens with one attached hydrogen (secondary N) is 1. The molecule has 1 unspecified atom stereocenters. The second kappa shape index (κ2) is 8.06. The van der Waals surface area contributed by atoms with E-state index in [0.717, 1.165) is 24.6 Å². The van der Waals surface area contributed by atoms with Gasteiger partial charge in [-0.15, -0.1) is 0 Å². The van der Waals surface area contributed by atoms with Gasteiger partial charge in [-0.2, -0.15) is 0 Å². The first-order valence-electron chi connectivity index (χ1n) is 10.1. The molecule has 0 bridgehead atoms. The number of piperazine rings is 1. The predicted molar refractivity (Wildman–Crippen MR) is 113 cm³/mol. The van der Waals surface area contributed by atoms with Gasteiger partial charge < -0.3 is 20.0 Å². The van der Waals surface area contributed by atoms with Crippen molar-refractivity contribution in [2.45, 2.75) is 26.3 Å². The number of carbonyl (C=O) groups is 2. The molecule has 3 heterocycles. The highest BCUT2D eigenvalue weighted by atomic mass is 16.2. The largest absolute Gasteiger partial charge is 0.353 e. The first-order chi connectivity index (χ1) is 14.0. The lowest BCUT2D eigenvalue weighted by atomic mass is 10.1. The molecule has 1 saturated heterocycles. The van der Waals surface area contributed by atoms with Gasteiger partial charge >= 0.3 is 6.03 Å². The van der Waals surface area contributed by atoms with E-state index >= 15 is 0 Å². The monoisotopic (exact) mass is 394 g/mol. The lowest BCUT2D eigenvalue weighted by Gasteiger charge is -2.36. The third kappa shape index (κ3) is 4.16. The SMILES string of the molecule is CCC1CN2C=NC(N3CCN(C(=O)Nc4cccc(C(C)=O)c4)CC3)=CC2=N1. The van der Waals surface area contributed by atoms with Crippen molar-refractivity contribution >= 4 is 29.7 Å². The van der Waals surface area contributed by atoms with E-state index < -0.39 is 0 Å². The molecule has 1 atom stereocenters. The molecule has 1 aromatic carbocycles. The molecule has 0 aromatic heterocycles. The Morgan fingerprint density at radius 1 is 1.21 bits per heavy atom. The van der Waals surface area contributed by atoms with Crippen LogP contribution in [0.2, 0.25) is 0 Å². The summed E-state index contributed by atoms with van der Waals surface area (Å²) < 4.78 is 0. The first-order valence-corrected chi connectivity index (χ1v) is 10.1. The highest BCUT2D eigenvalue weighted by Gasteiger charge is 2.27. The normalized spacial score (nSPS) is 20.9. The average Bonchev–Trinajstić information content (AvgIpc) is 3.16. The predicted octanol–water partition coefficient (Wildman–Crippen LogP) is 2.41. The van der Waals surface area contributed by atoms with Gasteiger partial charge in [-0.05, 0) is 25.5 Å². The summed E-state index contributed by atoms with van der Waals surface area (Å²) in [6.45, 7) is 7.22. The fraction of sp³-hybridized carbons (Fsp3) is 0.429. The van der Waals surface area contributed by atoms with Gasteiger partial charge in [0.25, 0.3) is 0 Å². The van der Waals surface area contributed by atoms with E-state index in [-0.39, 0.29) is 11.8 Å². The van der Waals surface area contributed by atoms with E-state index in [2.05, 4.69) is 27.0 Å². The molecular formula is C21H26N6O2. The van der Waals surface area contributed by atoms with Gasteiger partial charge in [-0.25, -0.2) is 9.79 Å². The first kappa shape index (κ1) is 19.2. The number of amidine groups is 1. The molecule has 1 fully saturated rings. The number of hydrogen-bond donors (Lipinski definition) is 1. The molecule has 4 rings (SSSR count). The quantitative estimate of drug-likeness (QED) is 0.796. The fourth-order valence-electron chi connectivity index (χ4n) is 3.68. The van der Waals surface area contributed by atoms with Crippen LogP contribution in [0, 0.1) is 0 Å². The number of fused-ring (bicyclic) bond motifs is 1. The van der Waals surface area contributed by atoms with Crippen LogP contribution in [0.25, 0.3) is 0 Å². The zero-order chi connectivity index (χ0) is 20.4. The Balaban J connectivity index is 1.34. The third-order valence-electron chi connectivity index (χ3n) is 5.49. The van der Waals surface area contributed by atoms with Crippen molar-refractivity contribution in [1.29, 1.82) is 0 Å². The maximum atomic E-state index is 12.6. The van der Waals surface area contributed by atoms with Crippen molar-refractivity contribution in [3.8, 4) is 0 Å². The van der Waals surface area contributed by atoms with E-state index in [9.17, 15) is 9.59 Å². The number of aliphatic imine (C=N–C) groups is 2. The van der Waals surface area contributed by atoms with Gasteiger partial charge in [0.15, 0.2) is 5.78 Å². The Hall–Kier alpha value is -3.16. The van der Waals surface area contributed by atoms with Gasteiger partial charge in [-0.1, -0.05) is 19.1 Å². The molecule has 2 amide bonds. The highest BCUT2D eigenvalue weighted by molar-refractivity contribution is 6.03. The van der Waals surface area contributed by atoms with E-state index in [1.54, 1.807) is 29.2 Å². The summed E-state index contributed by atoms with van der Waals surface area (Å²) in [6.07, 6.45) is 4.93. The van der Waals surface area contributed by atoms with Gasteiger partial charge in [0.2, 0.25) is 0 Å². The summed E-state index contributed by atoms with van der Waals surface area (Å²) >= 11 is 0. The van der Waals surface area contributed by atoms with Crippen molar-refractivity contribution in [3.63, 3.8) is 0 Å². The average molecular weight is 394 g/mol. The molecule has 152 valence electrons. The molecule has 0 spiro atoms. The molecular weight excluding hydrogens is 368 g/mol. The van der Waals surface area contributed by atoms with E-state index in [4.69, 9.17) is 4.99 Å². The van der Waals surface area contributed by atoms with Crippen LogP contribution < -0.4 is 5.32 Å². The molecule has 8 nitrogen and oxygen atoms in total. The number of Topliss-reactive ketones (excluding diaryl/α,β-unsaturated/α-hetero) is 1. The highest BCUT2D eigenvalue weighted by Crippen LogP contribution is 2.20. The number of urea groups is 1. The van der Waals surface area contributed by atoms with Crippen LogP contribution in [-0.2, 0) is 0 Å². The van der Waals surface area contributed by atoms with Gasteiger partial charge in [-0.3, -0.25) is 9.79 Å². The van der Waals surface area contributed by atoms with Gasteiger partial charge in [0.1, 0.15) is 11.7 Å². The molecule has 0 saturated carbocycles. The number of anilines is 1. The Labute approximate surface area is 170 Å². The number of carbonyl (C=O) groups excluding carboxylic acids is 2. The number of rotatable bonds is 4. The maximum Gasteiger partial charge on any atom is 0.321 e. The van der Waals surface area contributed by atoms with Crippen LogP contribution in [0.15, 0.2) is 46.1 Å². The molecule has 0 aliphatic carbocycles. The van der Waals surface area contributed by atoms with Crippen LogP contribution in [0.5, 0.6) is 0 Å².